The molecule has 1 atom stereocenters. The zero-order valence-electron chi connectivity index (χ0n) is 10.8. The zero-order chi connectivity index (χ0) is 14.0. The van der Waals surface area contributed by atoms with Crippen LogP contribution in [0.25, 0.3) is 0 Å². The van der Waals surface area contributed by atoms with Crippen LogP contribution >= 0.6 is 28.3 Å². The van der Waals surface area contributed by atoms with E-state index in [2.05, 4.69) is 21.2 Å². The Balaban J connectivity index is 0.00000200. The van der Waals surface area contributed by atoms with Gasteiger partial charge in [-0.15, -0.1) is 12.4 Å². The number of halogens is 2. The summed E-state index contributed by atoms with van der Waals surface area (Å²) in [7, 11) is 0. The van der Waals surface area contributed by atoms with Crippen molar-refractivity contribution in [1.82, 2.24) is 10.2 Å². The molecule has 1 saturated heterocycles. The molecule has 110 valence electrons. The first-order chi connectivity index (χ1) is 8.97. The van der Waals surface area contributed by atoms with Gasteiger partial charge in [0.2, 0.25) is 0 Å². The number of nitrogens with one attached hydrogen (secondary N) is 1. The molecule has 1 aromatic rings. The standard InChI is InChI=1S/C12H14BrN3O3.ClH/c1-8-7-15(3-2-14-8)12(17)9-4-10(13)6-11(5-9)16(18)19;/h4-6,8,14H,2-3,7H2,1H3;1H. The van der Waals surface area contributed by atoms with Crippen LogP contribution in [0, 0.1) is 10.1 Å². The number of hydrogen-bond acceptors (Lipinski definition) is 4. The molecule has 0 aromatic heterocycles. The van der Waals surface area contributed by atoms with Gasteiger partial charge in [-0.2, -0.15) is 0 Å². The summed E-state index contributed by atoms with van der Waals surface area (Å²) in [4.78, 5) is 24.4. The second-order valence-corrected chi connectivity index (χ2v) is 5.48. The fourth-order valence-corrected chi connectivity index (χ4v) is 2.58. The van der Waals surface area contributed by atoms with Crippen molar-refractivity contribution in [3.05, 3.63) is 38.3 Å². The lowest BCUT2D eigenvalue weighted by molar-refractivity contribution is -0.385. The molecule has 2 rings (SSSR count). The molecule has 0 spiro atoms. The number of rotatable bonds is 2. The maximum absolute atomic E-state index is 12.3. The van der Waals surface area contributed by atoms with Crippen molar-refractivity contribution in [2.24, 2.45) is 0 Å². The van der Waals surface area contributed by atoms with E-state index in [9.17, 15) is 14.9 Å². The minimum absolute atomic E-state index is 0. The van der Waals surface area contributed by atoms with E-state index in [1.807, 2.05) is 6.92 Å². The molecular weight excluding hydrogens is 350 g/mol. The summed E-state index contributed by atoms with van der Waals surface area (Å²) in [5.74, 6) is -0.169. The van der Waals surface area contributed by atoms with Crippen molar-refractivity contribution in [1.29, 1.82) is 0 Å². The maximum Gasteiger partial charge on any atom is 0.271 e. The molecule has 1 aromatic carbocycles. The molecule has 0 saturated carbocycles. The lowest BCUT2D eigenvalue weighted by Gasteiger charge is -2.31. The molecule has 1 aliphatic rings. The minimum Gasteiger partial charge on any atom is -0.336 e. The fraction of sp³-hybridized carbons (Fsp3) is 0.417. The van der Waals surface area contributed by atoms with Crippen LogP contribution in [0.5, 0.6) is 0 Å². The van der Waals surface area contributed by atoms with Gasteiger partial charge >= 0.3 is 0 Å². The van der Waals surface area contributed by atoms with Crippen molar-refractivity contribution < 1.29 is 9.72 Å². The molecular formula is C12H15BrClN3O3. The Morgan fingerprint density at radius 3 is 2.80 bits per heavy atom. The van der Waals surface area contributed by atoms with Crippen molar-refractivity contribution in [3.8, 4) is 0 Å². The third-order valence-electron chi connectivity index (χ3n) is 3.00. The normalized spacial score (nSPS) is 18.3. The third-order valence-corrected chi connectivity index (χ3v) is 3.45. The number of carbonyl (C=O) groups is 1. The number of amides is 1. The Kier molecular flexibility index (Phi) is 5.91. The number of benzene rings is 1. The predicted molar refractivity (Wildman–Crippen MR) is 81.4 cm³/mol. The van der Waals surface area contributed by atoms with E-state index in [4.69, 9.17) is 0 Å². The van der Waals surface area contributed by atoms with Gasteiger partial charge in [-0.25, -0.2) is 0 Å². The molecule has 8 heteroatoms. The van der Waals surface area contributed by atoms with Crippen LogP contribution < -0.4 is 5.32 Å². The molecule has 1 aliphatic heterocycles. The van der Waals surface area contributed by atoms with E-state index < -0.39 is 4.92 Å². The largest absolute Gasteiger partial charge is 0.336 e. The summed E-state index contributed by atoms with van der Waals surface area (Å²) in [6, 6.07) is 4.55. The predicted octanol–water partition coefficient (Wildman–Crippen LogP) is 2.21. The molecule has 1 heterocycles. The van der Waals surface area contributed by atoms with Gasteiger partial charge in [-0.3, -0.25) is 14.9 Å². The number of non-ortho nitro benzene ring substituents is 1. The molecule has 1 amide bonds. The highest BCUT2D eigenvalue weighted by Gasteiger charge is 2.23. The van der Waals surface area contributed by atoms with Gasteiger partial charge in [0.1, 0.15) is 0 Å². The van der Waals surface area contributed by atoms with E-state index in [0.29, 0.717) is 23.1 Å². The number of hydrogen-bond donors (Lipinski definition) is 1. The van der Waals surface area contributed by atoms with E-state index in [1.165, 1.54) is 12.1 Å². The first kappa shape index (κ1) is 16.9. The summed E-state index contributed by atoms with van der Waals surface area (Å²) in [5, 5.41) is 14.1. The molecule has 0 aliphatic carbocycles. The average molecular weight is 365 g/mol. The number of nitro benzene ring substituents is 1. The maximum atomic E-state index is 12.3. The van der Waals surface area contributed by atoms with Gasteiger partial charge in [0.15, 0.2) is 0 Å². The fourth-order valence-electron chi connectivity index (χ4n) is 2.10. The molecule has 0 bridgehead atoms. The summed E-state index contributed by atoms with van der Waals surface area (Å²) in [5.41, 5.74) is 0.260. The molecule has 1 fully saturated rings. The highest BCUT2D eigenvalue weighted by molar-refractivity contribution is 9.10. The van der Waals surface area contributed by atoms with E-state index in [-0.39, 0.29) is 30.0 Å². The van der Waals surface area contributed by atoms with Crippen molar-refractivity contribution >= 4 is 39.9 Å². The van der Waals surface area contributed by atoms with E-state index in [1.54, 1.807) is 11.0 Å². The van der Waals surface area contributed by atoms with Crippen LogP contribution in [-0.4, -0.2) is 41.4 Å². The van der Waals surface area contributed by atoms with Crippen LogP contribution in [0.15, 0.2) is 22.7 Å². The van der Waals surface area contributed by atoms with Crippen molar-refractivity contribution in [2.75, 3.05) is 19.6 Å². The van der Waals surface area contributed by atoms with Gasteiger partial charge in [-0.05, 0) is 13.0 Å². The molecule has 6 nitrogen and oxygen atoms in total. The first-order valence-electron chi connectivity index (χ1n) is 5.95. The second-order valence-electron chi connectivity index (χ2n) is 4.56. The quantitative estimate of drug-likeness (QED) is 0.645. The Hall–Kier alpha value is -1.18. The van der Waals surface area contributed by atoms with E-state index in [0.717, 1.165) is 6.54 Å². The molecule has 1 N–H and O–H groups in total. The van der Waals surface area contributed by atoms with E-state index >= 15 is 0 Å². The molecule has 20 heavy (non-hydrogen) atoms. The monoisotopic (exact) mass is 363 g/mol. The van der Waals surface area contributed by atoms with Gasteiger partial charge in [-0.1, -0.05) is 15.9 Å². The Morgan fingerprint density at radius 1 is 1.50 bits per heavy atom. The van der Waals surface area contributed by atoms with Crippen LogP contribution in [0.2, 0.25) is 0 Å². The third kappa shape index (κ3) is 3.91. The number of nitro groups is 1. The smallest absolute Gasteiger partial charge is 0.271 e. The molecule has 0 radical (unpaired) electrons. The average Bonchev–Trinajstić information content (AvgIpc) is 2.37. The Morgan fingerprint density at radius 2 is 2.20 bits per heavy atom. The molecule has 1 unspecified atom stereocenters. The van der Waals surface area contributed by atoms with Crippen molar-refractivity contribution in [2.45, 2.75) is 13.0 Å². The SMILES string of the molecule is CC1CN(C(=O)c2cc(Br)cc([N+](=O)[O-])c2)CCN1.Cl. The zero-order valence-corrected chi connectivity index (χ0v) is 13.2. The van der Waals surface area contributed by atoms with Gasteiger partial charge in [0.05, 0.1) is 4.92 Å². The van der Waals surface area contributed by atoms with Crippen LogP contribution in [-0.2, 0) is 0 Å². The Bertz CT molecular complexity index is 527. The summed E-state index contributed by atoms with van der Waals surface area (Å²) in [6.07, 6.45) is 0. The number of piperazine rings is 1. The van der Waals surface area contributed by atoms with Gasteiger partial charge in [0, 0.05) is 47.8 Å². The number of nitrogens with zero attached hydrogens (tertiary/aromatic N) is 2. The van der Waals surface area contributed by atoms with Crippen molar-refractivity contribution in [3.63, 3.8) is 0 Å². The topological polar surface area (TPSA) is 75.5 Å². The Labute approximate surface area is 131 Å². The summed E-state index contributed by atoms with van der Waals surface area (Å²) < 4.78 is 0.535. The second kappa shape index (κ2) is 7.01. The lowest BCUT2D eigenvalue weighted by atomic mass is 10.1. The van der Waals surface area contributed by atoms with Gasteiger partial charge in [0.25, 0.3) is 11.6 Å². The first-order valence-corrected chi connectivity index (χ1v) is 6.74. The summed E-state index contributed by atoms with van der Waals surface area (Å²) >= 11 is 3.20. The highest BCUT2D eigenvalue weighted by atomic mass is 79.9. The summed E-state index contributed by atoms with van der Waals surface area (Å²) in [6.45, 7) is 3.97. The highest BCUT2D eigenvalue weighted by Crippen LogP contribution is 2.22. The van der Waals surface area contributed by atoms with Gasteiger partial charge < -0.3 is 10.2 Å². The minimum atomic E-state index is -0.498. The lowest BCUT2D eigenvalue weighted by Crippen LogP contribution is -2.51. The van der Waals surface area contributed by atoms with Crippen LogP contribution in [0.4, 0.5) is 5.69 Å². The van der Waals surface area contributed by atoms with Crippen LogP contribution in [0.3, 0.4) is 0 Å². The van der Waals surface area contributed by atoms with Crippen LogP contribution in [0.1, 0.15) is 17.3 Å². The number of carbonyl (C=O) groups excluding carboxylic acids is 1.